The van der Waals surface area contributed by atoms with E-state index in [4.69, 9.17) is 0 Å². The van der Waals surface area contributed by atoms with Crippen LogP contribution in [0.5, 0.6) is 0 Å². The van der Waals surface area contributed by atoms with Gasteiger partial charge < -0.3 is 5.32 Å². The van der Waals surface area contributed by atoms with E-state index >= 15 is 0 Å². The molecular weight excluding hydrogens is 260 g/mol. The van der Waals surface area contributed by atoms with Gasteiger partial charge in [0.05, 0.1) is 5.69 Å². The number of hydrogen-bond acceptors (Lipinski definition) is 3. The second-order valence-corrected chi connectivity index (χ2v) is 7.18. The number of rotatable bonds is 7. The van der Waals surface area contributed by atoms with Gasteiger partial charge in [0.1, 0.15) is 0 Å². The SMILES string of the molecule is CC(C)CNCC1CCCN(Cc2ccn(C(C)C)n2)C1. The summed E-state index contributed by atoms with van der Waals surface area (Å²) in [6.07, 6.45) is 4.78. The second-order valence-electron chi connectivity index (χ2n) is 7.18. The van der Waals surface area contributed by atoms with Gasteiger partial charge in [-0.25, -0.2) is 0 Å². The lowest BCUT2D eigenvalue weighted by atomic mass is 9.97. The molecule has 0 spiro atoms. The number of nitrogens with zero attached hydrogens (tertiary/aromatic N) is 3. The van der Waals surface area contributed by atoms with Crippen molar-refractivity contribution in [3.63, 3.8) is 0 Å². The van der Waals surface area contributed by atoms with Crippen molar-refractivity contribution in [2.24, 2.45) is 11.8 Å². The largest absolute Gasteiger partial charge is 0.316 e. The van der Waals surface area contributed by atoms with Crippen LogP contribution >= 0.6 is 0 Å². The van der Waals surface area contributed by atoms with Gasteiger partial charge in [0.15, 0.2) is 0 Å². The molecule has 0 aromatic carbocycles. The molecule has 0 aliphatic carbocycles. The Labute approximate surface area is 129 Å². The monoisotopic (exact) mass is 292 g/mol. The molecule has 1 aromatic heterocycles. The second kappa shape index (κ2) is 7.95. The van der Waals surface area contributed by atoms with Crippen LogP contribution in [-0.4, -0.2) is 40.9 Å². The van der Waals surface area contributed by atoms with Crippen LogP contribution in [0.2, 0.25) is 0 Å². The molecule has 0 amide bonds. The average molecular weight is 292 g/mol. The van der Waals surface area contributed by atoms with Crippen LogP contribution in [0.1, 0.15) is 52.3 Å². The first kappa shape index (κ1) is 16.5. The molecule has 2 heterocycles. The Kier molecular flexibility index (Phi) is 6.24. The maximum Gasteiger partial charge on any atom is 0.0764 e. The zero-order valence-corrected chi connectivity index (χ0v) is 14.2. The Bertz CT molecular complexity index is 411. The molecule has 0 bridgehead atoms. The molecule has 120 valence electrons. The highest BCUT2D eigenvalue weighted by molar-refractivity contribution is 5.00. The molecule has 1 unspecified atom stereocenters. The summed E-state index contributed by atoms with van der Waals surface area (Å²) in [6, 6.07) is 2.62. The maximum atomic E-state index is 4.67. The van der Waals surface area contributed by atoms with Crippen molar-refractivity contribution < 1.29 is 0 Å². The van der Waals surface area contributed by atoms with E-state index in [0.717, 1.165) is 31.5 Å². The van der Waals surface area contributed by atoms with E-state index in [9.17, 15) is 0 Å². The fourth-order valence-corrected chi connectivity index (χ4v) is 3.02. The van der Waals surface area contributed by atoms with E-state index in [-0.39, 0.29) is 0 Å². The quantitative estimate of drug-likeness (QED) is 0.839. The van der Waals surface area contributed by atoms with Gasteiger partial charge in [-0.05, 0) is 64.2 Å². The summed E-state index contributed by atoms with van der Waals surface area (Å²) in [4.78, 5) is 2.57. The minimum atomic E-state index is 0.452. The highest BCUT2D eigenvalue weighted by Crippen LogP contribution is 2.18. The maximum absolute atomic E-state index is 4.67. The van der Waals surface area contributed by atoms with E-state index in [2.05, 4.69) is 60.0 Å². The number of likely N-dealkylation sites (tertiary alicyclic amines) is 1. The Morgan fingerprint density at radius 2 is 2.14 bits per heavy atom. The normalized spacial score (nSPS) is 20.6. The Balaban J connectivity index is 1.77. The molecule has 1 aromatic rings. The van der Waals surface area contributed by atoms with Crippen LogP contribution in [0.15, 0.2) is 12.3 Å². The molecule has 4 heteroatoms. The predicted molar refractivity (Wildman–Crippen MR) is 88.3 cm³/mol. The molecule has 1 atom stereocenters. The molecule has 0 saturated carbocycles. The average Bonchev–Trinajstić information content (AvgIpc) is 2.87. The molecule has 1 N–H and O–H groups in total. The van der Waals surface area contributed by atoms with Gasteiger partial charge in [-0.2, -0.15) is 5.10 Å². The highest BCUT2D eigenvalue weighted by Gasteiger charge is 2.20. The van der Waals surface area contributed by atoms with Crippen LogP contribution < -0.4 is 5.32 Å². The minimum absolute atomic E-state index is 0.452. The number of hydrogen-bond donors (Lipinski definition) is 1. The summed E-state index contributed by atoms with van der Waals surface area (Å²) in [5, 5.41) is 8.29. The molecule has 21 heavy (non-hydrogen) atoms. The number of piperidine rings is 1. The molecule has 1 aliphatic heterocycles. The van der Waals surface area contributed by atoms with Crippen molar-refractivity contribution >= 4 is 0 Å². The van der Waals surface area contributed by atoms with E-state index in [1.165, 1.54) is 31.6 Å². The van der Waals surface area contributed by atoms with Crippen molar-refractivity contribution in [1.82, 2.24) is 20.0 Å². The Morgan fingerprint density at radius 1 is 1.33 bits per heavy atom. The van der Waals surface area contributed by atoms with Gasteiger partial charge in [-0.3, -0.25) is 9.58 Å². The van der Waals surface area contributed by atoms with Gasteiger partial charge in [0.2, 0.25) is 0 Å². The lowest BCUT2D eigenvalue weighted by Gasteiger charge is -2.32. The van der Waals surface area contributed by atoms with Gasteiger partial charge in [0.25, 0.3) is 0 Å². The molecule has 1 saturated heterocycles. The first-order valence-corrected chi connectivity index (χ1v) is 8.51. The predicted octanol–water partition coefficient (Wildman–Crippen LogP) is 2.92. The van der Waals surface area contributed by atoms with Crippen LogP contribution in [0.3, 0.4) is 0 Å². The van der Waals surface area contributed by atoms with Crippen LogP contribution in [0, 0.1) is 11.8 Å². The van der Waals surface area contributed by atoms with Crippen LogP contribution in [0.4, 0.5) is 0 Å². The van der Waals surface area contributed by atoms with Crippen LogP contribution in [0.25, 0.3) is 0 Å². The summed E-state index contributed by atoms with van der Waals surface area (Å²) < 4.78 is 2.06. The van der Waals surface area contributed by atoms with Gasteiger partial charge in [0, 0.05) is 25.3 Å². The summed E-state index contributed by atoms with van der Waals surface area (Å²) in [6.45, 7) is 14.6. The zero-order valence-electron chi connectivity index (χ0n) is 14.2. The molecular formula is C17H32N4. The molecule has 4 nitrogen and oxygen atoms in total. The third kappa shape index (κ3) is 5.44. The highest BCUT2D eigenvalue weighted by atomic mass is 15.3. The van der Waals surface area contributed by atoms with Gasteiger partial charge >= 0.3 is 0 Å². The molecule has 1 aliphatic rings. The minimum Gasteiger partial charge on any atom is -0.316 e. The van der Waals surface area contributed by atoms with E-state index in [1.54, 1.807) is 0 Å². The third-order valence-corrected chi connectivity index (χ3v) is 4.17. The lowest BCUT2D eigenvalue weighted by molar-refractivity contribution is 0.162. The van der Waals surface area contributed by atoms with Crippen molar-refractivity contribution in [3.8, 4) is 0 Å². The summed E-state index contributed by atoms with van der Waals surface area (Å²) >= 11 is 0. The van der Waals surface area contributed by atoms with Crippen molar-refractivity contribution in [2.75, 3.05) is 26.2 Å². The number of nitrogens with one attached hydrogen (secondary N) is 1. The first-order chi connectivity index (χ1) is 10.0. The summed E-state index contributed by atoms with van der Waals surface area (Å²) in [7, 11) is 0. The fourth-order valence-electron chi connectivity index (χ4n) is 3.02. The van der Waals surface area contributed by atoms with Crippen molar-refractivity contribution in [2.45, 2.75) is 53.1 Å². The van der Waals surface area contributed by atoms with E-state index < -0.39 is 0 Å². The third-order valence-electron chi connectivity index (χ3n) is 4.17. The summed E-state index contributed by atoms with van der Waals surface area (Å²) in [5.74, 6) is 1.54. The van der Waals surface area contributed by atoms with Crippen molar-refractivity contribution in [3.05, 3.63) is 18.0 Å². The smallest absolute Gasteiger partial charge is 0.0764 e. The topological polar surface area (TPSA) is 33.1 Å². The summed E-state index contributed by atoms with van der Waals surface area (Å²) in [5.41, 5.74) is 1.21. The standard InChI is InChI=1S/C17H32N4/c1-14(2)10-18-11-16-6-5-8-20(12-16)13-17-7-9-21(19-17)15(3)4/h7,9,14-16,18H,5-6,8,10-13H2,1-4H3. The van der Waals surface area contributed by atoms with Gasteiger partial charge in [-0.1, -0.05) is 13.8 Å². The van der Waals surface area contributed by atoms with E-state index in [1.807, 2.05) is 0 Å². The Morgan fingerprint density at radius 3 is 2.81 bits per heavy atom. The van der Waals surface area contributed by atoms with Gasteiger partial charge in [-0.15, -0.1) is 0 Å². The zero-order chi connectivity index (χ0) is 15.2. The van der Waals surface area contributed by atoms with Crippen molar-refractivity contribution in [1.29, 1.82) is 0 Å². The fraction of sp³-hybridized carbons (Fsp3) is 0.824. The van der Waals surface area contributed by atoms with E-state index in [0.29, 0.717) is 6.04 Å². The number of aromatic nitrogens is 2. The Hall–Kier alpha value is -0.870. The van der Waals surface area contributed by atoms with Crippen LogP contribution in [-0.2, 0) is 6.54 Å². The molecule has 1 fully saturated rings. The molecule has 2 rings (SSSR count). The first-order valence-electron chi connectivity index (χ1n) is 8.51. The molecule has 0 radical (unpaired) electrons. The lowest BCUT2D eigenvalue weighted by Crippen LogP contribution is -2.39.